The molecule has 0 aliphatic carbocycles. The summed E-state index contributed by atoms with van der Waals surface area (Å²) >= 11 is 0. The van der Waals surface area contributed by atoms with Gasteiger partial charge in [-0.1, -0.05) is 26.0 Å². The van der Waals surface area contributed by atoms with Crippen molar-refractivity contribution in [1.29, 1.82) is 0 Å². The Kier molecular flexibility index (Phi) is 4.68. The van der Waals surface area contributed by atoms with E-state index < -0.39 is 0 Å². The normalized spacial score (nSPS) is 12.8. The Hall–Kier alpha value is -1.68. The predicted octanol–water partition coefficient (Wildman–Crippen LogP) is 3.10. The van der Waals surface area contributed by atoms with Gasteiger partial charge in [0.1, 0.15) is 5.82 Å². The van der Waals surface area contributed by atoms with Crippen LogP contribution >= 0.6 is 0 Å². The number of aromatic nitrogens is 2. The molecule has 0 aliphatic heterocycles. The van der Waals surface area contributed by atoms with E-state index in [0.717, 1.165) is 23.5 Å². The Morgan fingerprint density at radius 3 is 2.63 bits per heavy atom. The Morgan fingerprint density at radius 1 is 1.21 bits per heavy atom. The summed E-state index contributed by atoms with van der Waals surface area (Å²) in [6.07, 6.45) is 1.78. The molecule has 1 aromatic heterocycles. The van der Waals surface area contributed by atoms with Crippen LogP contribution < -0.4 is 5.32 Å². The summed E-state index contributed by atoms with van der Waals surface area (Å²) in [7, 11) is 0. The van der Waals surface area contributed by atoms with Crippen molar-refractivity contribution >= 4 is 16.9 Å². The van der Waals surface area contributed by atoms with Gasteiger partial charge in [-0.15, -0.1) is 0 Å². The molecule has 2 rings (SSSR count). The fraction of sp³-hybridized carbons (Fsp3) is 0.467. The molecule has 1 atom stereocenters. The first kappa shape index (κ1) is 13.7. The molecule has 0 spiro atoms. The molecule has 1 heterocycles. The maximum Gasteiger partial charge on any atom is 0.145 e. The highest BCUT2D eigenvalue weighted by Crippen LogP contribution is 2.14. The number of nitrogens with one attached hydrogen (secondary N) is 1. The zero-order valence-electron chi connectivity index (χ0n) is 11.8. The Balaban J connectivity index is 2.14. The van der Waals surface area contributed by atoms with E-state index in [0.29, 0.717) is 12.5 Å². The number of ether oxygens (including phenoxy) is 1. The highest BCUT2D eigenvalue weighted by molar-refractivity contribution is 5.75. The van der Waals surface area contributed by atoms with E-state index in [1.54, 1.807) is 6.20 Å². The van der Waals surface area contributed by atoms with Gasteiger partial charge < -0.3 is 10.1 Å². The van der Waals surface area contributed by atoms with Gasteiger partial charge in [0.2, 0.25) is 0 Å². The zero-order valence-corrected chi connectivity index (χ0v) is 11.8. The van der Waals surface area contributed by atoms with Crippen LogP contribution in [0.5, 0.6) is 0 Å². The van der Waals surface area contributed by atoms with Crippen LogP contribution in [0, 0.1) is 5.92 Å². The SMILES string of the molecule is CCOCC(Nc1cnc2ccccc2n1)C(C)C. The van der Waals surface area contributed by atoms with Crippen molar-refractivity contribution in [2.75, 3.05) is 18.5 Å². The number of hydrogen-bond donors (Lipinski definition) is 1. The molecule has 0 amide bonds. The van der Waals surface area contributed by atoms with Gasteiger partial charge in [0, 0.05) is 6.61 Å². The molecule has 0 bridgehead atoms. The van der Waals surface area contributed by atoms with Crippen molar-refractivity contribution in [3.63, 3.8) is 0 Å². The fourth-order valence-electron chi connectivity index (χ4n) is 1.86. The summed E-state index contributed by atoms with van der Waals surface area (Å²) in [6.45, 7) is 7.76. The van der Waals surface area contributed by atoms with Gasteiger partial charge in [0.25, 0.3) is 0 Å². The summed E-state index contributed by atoms with van der Waals surface area (Å²) in [5, 5.41) is 3.41. The van der Waals surface area contributed by atoms with Crippen LogP contribution in [0.25, 0.3) is 11.0 Å². The number of rotatable bonds is 6. The molecular weight excluding hydrogens is 238 g/mol. The molecule has 0 saturated heterocycles. The van der Waals surface area contributed by atoms with Gasteiger partial charge in [-0.3, -0.25) is 4.98 Å². The van der Waals surface area contributed by atoms with Crippen LogP contribution in [-0.2, 0) is 4.74 Å². The Labute approximate surface area is 114 Å². The van der Waals surface area contributed by atoms with Crippen LogP contribution in [0.4, 0.5) is 5.82 Å². The van der Waals surface area contributed by atoms with Crippen molar-refractivity contribution in [1.82, 2.24) is 9.97 Å². The van der Waals surface area contributed by atoms with E-state index in [-0.39, 0.29) is 6.04 Å². The molecule has 1 aromatic carbocycles. The van der Waals surface area contributed by atoms with Gasteiger partial charge >= 0.3 is 0 Å². The largest absolute Gasteiger partial charge is 0.380 e. The van der Waals surface area contributed by atoms with Crippen molar-refractivity contribution in [3.8, 4) is 0 Å². The zero-order chi connectivity index (χ0) is 13.7. The third-order valence-corrected chi connectivity index (χ3v) is 3.09. The number of hydrogen-bond acceptors (Lipinski definition) is 4. The standard InChI is InChI=1S/C15H21N3O/c1-4-19-10-14(11(2)3)18-15-9-16-12-7-5-6-8-13(12)17-15/h5-9,11,14H,4,10H2,1-3H3,(H,17,18). The lowest BCUT2D eigenvalue weighted by Crippen LogP contribution is -2.31. The molecule has 19 heavy (non-hydrogen) atoms. The molecule has 1 unspecified atom stereocenters. The third kappa shape index (κ3) is 3.64. The van der Waals surface area contributed by atoms with Crippen molar-refractivity contribution in [2.24, 2.45) is 5.92 Å². The molecular formula is C15H21N3O. The second kappa shape index (κ2) is 6.48. The minimum Gasteiger partial charge on any atom is -0.380 e. The Morgan fingerprint density at radius 2 is 1.95 bits per heavy atom. The summed E-state index contributed by atoms with van der Waals surface area (Å²) in [4.78, 5) is 8.98. The van der Waals surface area contributed by atoms with Gasteiger partial charge in [-0.2, -0.15) is 0 Å². The average Bonchev–Trinajstić information content (AvgIpc) is 2.43. The first-order chi connectivity index (χ1) is 9.20. The third-order valence-electron chi connectivity index (χ3n) is 3.09. The predicted molar refractivity (Wildman–Crippen MR) is 78.3 cm³/mol. The Bertz CT molecular complexity index is 528. The second-order valence-electron chi connectivity index (χ2n) is 4.90. The molecule has 0 saturated carbocycles. The number of para-hydroxylation sites is 2. The topological polar surface area (TPSA) is 47.0 Å². The molecule has 102 valence electrons. The molecule has 0 aliphatic rings. The smallest absolute Gasteiger partial charge is 0.145 e. The molecule has 2 aromatic rings. The fourth-order valence-corrected chi connectivity index (χ4v) is 1.86. The van der Waals surface area contributed by atoms with Crippen LogP contribution in [0.3, 0.4) is 0 Å². The van der Waals surface area contributed by atoms with Crippen LogP contribution in [0.15, 0.2) is 30.5 Å². The van der Waals surface area contributed by atoms with Gasteiger partial charge in [-0.05, 0) is 25.0 Å². The molecule has 0 radical (unpaired) electrons. The van der Waals surface area contributed by atoms with Gasteiger partial charge in [-0.25, -0.2) is 4.98 Å². The summed E-state index contributed by atoms with van der Waals surface area (Å²) in [5.74, 6) is 1.27. The van der Waals surface area contributed by atoms with E-state index in [1.165, 1.54) is 0 Å². The van der Waals surface area contributed by atoms with Crippen molar-refractivity contribution < 1.29 is 4.74 Å². The minimum absolute atomic E-state index is 0.246. The van der Waals surface area contributed by atoms with E-state index >= 15 is 0 Å². The van der Waals surface area contributed by atoms with E-state index in [2.05, 4.69) is 29.1 Å². The maximum atomic E-state index is 5.51. The van der Waals surface area contributed by atoms with Gasteiger partial charge in [0.15, 0.2) is 0 Å². The average molecular weight is 259 g/mol. The number of benzene rings is 1. The van der Waals surface area contributed by atoms with E-state index in [1.807, 2.05) is 31.2 Å². The number of nitrogens with zero attached hydrogens (tertiary/aromatic N) is 2. The molecule has 0 fully saturated rings. The highest BCUT2D eigenvalue weighted by atomic mass is 16.5. The molecule has 1 N–H and O–H groups in total. The lowest BCUT2D eigenvalue weighted by molar-refractivity contribution is 0.126. The van der Waals surface area contributed by atoms with Gasteiger partial charge in [0.05, 0.1) is 29.9 Å². The highest BCUT2D eigenvalue weighted by Gasteiger charge is 2.14. The van der Waals surface area contributed by atoms with Crippen molar-refractivity contribution in [2.45, 2.75) is 26.8 Å². The lowest BCUT2D eigenvalue weighted by Gasteiger charge is -2.22. The molecule has 4 nitrogen and oxygen atoms in total. The molecule has 4 heteroatoms. The first-order valence-corrected chi connectivity index (χ1v) is 6.76. The lowest BCUT2D eigenvalue weighted by atomic mass is 10.1. The second-order valence-corrected chi connectivity index (χ2v) is 4.90. The van der Waals surface area contributed by atoms with Crippen LogP contribution in [-0.4, -0.2) is 29.2 Å². The maximum absolute atomic E-state index is 5.51. The summed E-state index contributed by atoms with van der Waals surface area (Å²) in [5.41, 5.74) is 1.82. The van der Waals surface area contributed by atoms with Crippen LogP contribution in [0.2, 0.25) is 0 Å². The van der Waals surface area contributed by atoms with Crippen LogP contribution in [0.1, 0.15) is 20.8 Å². The summed E-state index contributed by atoms with van der Waals surface area (Å²) in [6, 6.07) is 8.12. The van der Waals surface area contributed by atoms with Crippen molar-refractivity contribution in [3.05, 3.63) is 30.5 Å². The minimum atomic E-state index is 0.246. The number of anilines is 1. The monoisotopic (exact) mass is 259 g/mol. The quantitative estimate of drug-likeness (QED) is 0.866. The number of fused-ring (bicyclic) bond motifs is 1. The summed E-state index contributed by atoms with van der Waals surface area (Å²) < 4.78 is 5.51. The van der Waals surface area contributed by atoms with E-state index in [4.69, 9.17) is 4.74 Å². The first-order valence-electron chi connectivity index (χ1n) is 6.76. The van der Waals surface area contributed by atoms with E-state index in [9.17, 15) is 0 Å².